The van der Waals surface area contributed by atoms with Gasteiger partial charge >= 0.3 is 0 Å². The Balaban J connectivity index is -0.000000845. The van der Waals surface area contributed by atoms with E-state index in [2.05, 4.69) is 9.98 Å². The number of nitrogens with zero attached hydrogens (tertiary/aromatic N) is 2. The van der Waals surface area contributed by atoms with Crippen LogP contribution in [-0.4, -0.2) is 25.8 Å². The molecular formula is C10H24Cl2N4. The predicted octanol–water partition coefficient (Wildman–Crippen LogP) is 2.14. The molecule has 0 radical (unpaired) electrons. The molecule has 6 heteroatoms. The van der Waals surface area contributed by atoms with Gasteiger partial charge in [0.1, 0.15) is 0 Å². The van der Waals surface area contributed by atoms with Crippen molar-refractivity contribution in [2.45, 2.75) is 38.5 Å². The van der Waals surface area contributed by atoms with Gasteiger partial charge in [0.25, 0.3) is 0 Å². The van der Waals surface area contributed by atoms with Crippen LogP contribution in [-0.2, 0) is 0 Å². The van der Waals surface area contributed by atoms with Crippen LogP contribution in [0.5, 0.6) is 0 Å². The Morgan fingerprint density at radius 2 is 0.938 bits per heavy atom. The summed E-state index contributed by atoms with van der Waals surface area (Å²) in [5.41, 5.74) is 10.2. The van der Waals surface area contributed by atoms with E-state index >= 15 is 0 Å². The Morgan fingerprint density at radius 1 is 0.625 bits per heavy atom. The van der Waals surface area contributed by atoms with E-state index in [4.69, 9.17) is 11.5 Å². The number of hydrogen-bond donors (Lipinski definition) is 2. The van der Waals surface area contributed by atoms with Crippen LogP contribution in [0.2, 0.25) is 0 Å². The van der Waals surface area contributed by atoms with Crippen molar-refractivity contribution < 1.29 is 0 Å². The highest BCUT2D eigenvalue weighted by Gasteiger charge is 1.89. The van der Waals surface area contributed by atoms with E-state index in [-0.39, 0.29) is 24.8 Å². The maximum Gasteiger partial charge on any atom is 0.0797 e. The first kappa shape index (κ1) is 20.9. The molecule has 0 aromatic rings. The summed E-state index contributed by atoms with van der Waals surface area (Å²) >= 11 is 0. The molecule has 0 aliphatic heterocycles. The maximum absolute atomic E-state index is 5.12. The van der Waals surface area contributed by atoms with E-state index in [1.807, 2.05) is 0 Å². The number of halogens is 2. The Labute approximate surface area is 111 Å². The zero-order valence-electron chi connectivity index (χ0n) is 9.68. The standard InChI is InChI=1S/C10H22N4.2ClH/c11-9-13-7-5-3-1-2-4-6-8-14-10-12;;/h9-10H,1-8H2,(H2,11,13)(H2,12,14);2*1H. The summed E-state index contributed by atoms with van der Waals surface area (Å²) in [6, 6.07) is 0. The second-order valence-corrected chi connectivity index (χ2v) is 3.23. The third kappa shape index (κ3) is 19.1. The minimum absolute atomic E-state index is 0. The highest BCUT2D eigenvalue weighted by molar-refractivity contribution is 5.85. The first-order valence-electron chi connectivity index (χ1n) is 5.32. The van der Waals surface area contributed by atoms with Gasteiger partial charge in [-0.3, -0.25) is 9.98 Å². The second kappa shape index (κ2) is 20.0. The number of rotatable bonds is 9. The molecule has 0 saturated heterocycles. The first-order valence-corrected chi connectivity index (χ1v) is 5.32. The van der Waals surface area contributed by atoms with Crippen molar-refractivity contribution in [2.24, 2.45) is 21.5 Å². The predicted molar refractivity (Wildman–Crippen MR) is 77.3 cm³/mol. The molecule has 0 aromatic carbocycles. The average Bonchev–Trinajstić information content (AvgIpc) is 2.21. The molecule has 98 valence electrons. The molecule has 0 atom stereocenters. The van der Waals surface area contributed by atoms with Crippen molar-refractivity contribution >= 4 is 37.5 Å². The van der Waals surface area contributed by atoms with Crippen LogP contribution in [0.4, 0.5) is 0 Å². The highest BCUT2D eigenvalue weighted by atomic mass is 35.5. The summed E-state index contributed by atoms with van der Waals surface area (Å²) in [4.78, 5) is 7.90. The van der Waals surface area contributed by atoms with E-state index in [1.165, 1.54) is 38.4 Å². The zero-order chi connectivity index (χ0) is 10.5. The fourth-order valence-electron chi connectivity index (χ4n) is 1.26. The molecule has 0 bridgehead atoms. The van der Waals surface area contributed by atoms with Gasteiger partial charge < -0.3 is 11.5 Å². The molecule has 0 unspecified atom stereocenters. The first-order chi connectivity index (χ1) is 6.91. The topological polar surface area (TPSA) is 76.8 Å². The summed E-state index contributed by atoms with van der Waals surface area (Å²) < 4.78 is 0. The van der Waals surface area contributed by atoms with Gasteiger partial charge in [-0.15, -0.1) is 24.8 Å². The van der Waals surface area contributed by atoms with Gasteiger partial charge in [0.2, 0.25) is 0 Å². The van der Waals surface area contributed by atoms with Crippen molar-refractivity contribution in [3.8, 4) is 0 Å². The molecule has 4 N–H and O–H groups in total. The van der Waals surface area contributed by atoms with Crippen molar-refractivity contribution in [3.05, 3.63) is 0 Å². The van der Waals surface area contributed by atoms with Crippen LogP contribution in [0.3, 0.4) is 0 Å². The molecule has 0 fully saturated rings. The van der Waals surface area contributed by atoms with Gasteiger partial charge in [0, 0.05) is 13.1 Å². The summed E-state index contributed by atoms with van der Waals surface area (Å²) in [7, 11) is 0. The van der Waals surface area contributed by atoms with E-state index in [1.54, 1.807) is 0 Å². The van der Waals surface area contributed by atoms with Crippen molar-refractivity contribution in [2.75, 3.05) is 13.1 Å². The van der Waals surface area contributed by atoms with E-state index in [9.17, 15) is 0 Å². The van der Waals surface area contributed by atoms with E-state index in [0.717, 1.165) is 25.9 Å². The lowest BCUT2D eigenvalue weighted by atomic mass is 10.1. The normalized spacial score (nSPS) is 10.2. The van der Waals surface area contributed by atoms with Crippen LogP contribution in [0.15, 0.2) is 9.98 Å². The van der Waals surface area contributed by atoms with Crippen LogP contribution < -0.4 is 11.5 Å². The van der Waals surface area contributed by atoms with Gasteiger partial charge in [0.05, 0.1) is 12.7 Å². The number of unbranched alkanes of at least 4 members (excludes halogenated alkanes) is 5. The van der Waals surface area contributed by atoms with Gasteiger partial charge in [-0.2, -0.15) is 0 Å². The Morgan fingerprint density at radius 3 is 1.25 bits per heavy atom. The number of aliphatic imine (C=N–C) groups is 2. The molecule has 0 saturated carbocycles. The van der Waals surface area contributed by atoms with Crippen molar-refractivity contribution in [1.29, 1.82) is 0 Å². The molecule has 0 rings (SSSR count). The summed E-state index contributed by atoms with van der Waals surface area (Å²) in [6.45, 7) is 1.74. The quantitative estimate of drug-likeness (QED) is 0.383. The van der Waals surface area contributed by atoms with Crippen LogP contribution in [0.25, 0.3) is 0 Å². The van der Waals surface area contributed by atoms with Crippen molar-refractivity contribution in [1.82, 2.24) is 0 Å². The molecule has 0 aliphatic rings. The van der Waals surface area contributed by atoms with Crippen LogP contribution in [0, 0.1) is 0 Å². The minimum atomic E-state index is 0. The van der Waals surface area contributed by atoms with Crippen LogP contribution in [0.1, 0.15) is 38.5 Å². The molecule has 0 spiro atoms. The highest BCUT2D eigenvalue weighted by Crippen LogP contribution is 2.05. The van der Waals surface area contributed by atoms with Gasteiger partial charge in [0.15, 0.2) is 0 Å². The molecular weight excluding hydrogens is 247 g/mol. The van der Waals surface area contributed by atoms with Crippen LogP contribution >= 0.6 is 24.8 Å². The lowest BCUT2D eigenvalue weighted by Crippen LogP contribution is -1.92. The van der Waals surface area contributed by atoms with Gasteiger partial charge in [-0.05, 0) is 12.8 Å². The zero-order valence-corrected chi connectivity index (χ0v) is 11.3. The van der Waals surface area contributed by atoms with Gasteiger partial charge in [-0.25, -0.2) is 0 Å². The summed E-state index contributed by atoms with van der Waals surface area (Å²) in [6.07, 6.45) is 10.1. The van der Waals surface area contributed by atoms with Gasteiger partial charge in [-0.1, -0.05) is 25.7 Å². The molecule has 0 aliphatic carbocycles. The molecule has 4 nitrogen and oxygen atoms in total. The number of nitrogens with two attached hydrogens (primary N) is 2. The number of hydrogen-bond acceptors (Lipinski definition) is 2. The Kier molecular flexibility index (Phi) is 26.1. The fourth-order valence-corrected chi connectivity index (χ4v) is 1.26. The monoisotopic (exact) mass is 270 g/mol. The fraction of sp³-hybridized carbons (Fsp3) is 0.800. The Hall–Kier alpha value is -0.480. The maximum atomic E-state index is 5.12. The third-order valence-corrected chi connectivity index (χ3v) is 2.04. The second-order valence-electron chi connectivity index (χ2n) is 3.23. The molecule has 16 heavy (non-hydrogen) atoms. The van der Waals surface area contributed by atoms with E-state index in [0.29, 0.717) is 0 Å². The summed E-state index contributed by atoms with van der Waals surface area (Å²) in [5, 5.41) is 0. The third-order valence-electron chi connectivity index (χ3n) is 2.04. The summed E-state index contributed by atoms with van der Waals surface area (Å²) in [5.74, 6) is 0. The van der Waals surface area contributed by atoms with E-state index < -0.39 is 0 Å². The SMILES string of the molecule is Cl.Cl.NC=NCCCCCCCCN=CN. The van der Waals surface area contributed by atoms with Crippen molar-refractivity contribution in [3.63, 3.8) is 0 Å². The molecule has 0 amide bonds. The largest absolute Gasteiger partial charge is 0.390 e. The lowest BCUT2D eigenvalue weighted by Gasteiger charge is -1.98. The smallest absolute Gasteiger partial charge is 0.0797 e. The minimum Gasteiger partial charge on any atom is -0.390 e. The Bertz CT molecular complexity index is 145. The average molecular weight is 271 g/mol. The molecule has 0 aromatic heterocycles. The molecule has 0 heterocycles. The lowest BCUT2D eigenvalue weighted by molar-refractivity contribution is 0.602.